The maximum Gasteiger partial charge on any atom is 0.472 e. The zero-order chi connectivity index (χ0) is 68.1. The molecule has 0 spiro atoms. The molecule has 0 fully saturated rings. The normalized spacial score (nSPS) is 14.8. The number of ether oxygens (including phenoxy) is 3. The molecule has 0 radical (unpaired) electrons. The van der Waals surface area contributed by atoms with Crippen molar-refractivity contribution in [2.24, 2.45) is 0 Å². The first-order valence-corrected chi connectivity index (χ1v) is 39.2. The Hall–Kier alpha value is -3.79. The third-order valence-corrected chi connectivity index (χ3v) is 16.8. The van der Waals surface area contributed by atoms with Gasteiger partial charge >= 0.3 is 33.6 Å². The number of allylic oxidation sites excluding steroid dienone is 18. The van der Waals surface area contributed by atoms with Crippen LogP contribution in [0.3, 0.4) is 0 Å². The number of esters is 3. The lowest BCUT2D eigenvalue weighted by atomic mass is 10.0. The van der Waals surface area contributed by atoms with E-state index in [1.165, 1.54) is 70.6 Å². The first kappa shape index (κ1) is 89.2. The van der Waals surface area contributed by atoms with E-state index in [0.717, 1.165) is 161 Å². The number of aliphatic hydroxyl groups excluding tert-OH is 2. The number of phosphoric ester groups is 2. The number of hydrogen-bond donors (Lipinski definition) is 4. The van der Waals surface area contributed by atoms with Crippen molar-refractivity contribution in [1.82, 2.24) is 0 Å². The van der Waals surface area contributed by atoms with Gasteiger partial charge in [0.2, 0.25) is 0 Å². The minimum absolute atomic E-state index is 0.0847. The van der Waals surface area contributed by atoms with Crippen molar-refractivity contribution in [2.75, 3.05) is 39.6 Å². The number of rotatable bonds is 68. The molecular weight excluding hydrogens is 1220 g/mol. The minimum Gasteiger partial charge on any atom is -0.463 e. The summed E-state index contributed by atoms with van der Waals surface area (Å²) in [6.45, 7) is 2.44. The molecule has 16 nitrogen and oxygen atoms in total. The van der Waals surface area contributed by atoms with E-state index in [9.17, 15) is 43.5 Å². The van der Waals surface area contributed by atoms with E-state index in [2.05, 4.69) is 130 Å². The van der Waals surface area contributed by atoms with Gasteiger partial charge in [0.05, 0.1) is 26.4 Å². The van der Waals surface area contributed by atoms with E-state index in [4.69, 9.17) is 32.3 Å². The van der Waals surface area contributed by atoms with Crippen LogP contribution >= 0.6 is 15.6 Å². The zero-order valence-corrected chi connectivity index (χ0v) is 59.9. The summed E-state index contributed by atoms with van der Waals surface area (Å²) in [6, 6.07) is 0. The van der Waals surface area contributed by atoms with E-state index in [1.54, 1.807) is 0 Å². The van der Waals surface area contributed by atoms with Gasteiger partial charge in [-0.15, -0.1) is 0 Å². The molecule has 0 aliphatic carbocycles. The molecule has 5 unspecified atom stereocenters. The van der Waals surface area contributed by atoms with Crippen molar-refractivity contribution in [2.45, 2.75) is 309 Å². The monoisotopic (exact) mass is 1350 g/mol. The maximum absolute atomic E-state index is 12.9. The second-order valence-electron chi connectivity index (χ2n) is 24.0. The van der Waals surface area contributed by atoms with Gasteiger partial charge in [-0.05, 0) is 122 Å². The van der Waals surface area contributed by atoms with Gasteiger partial charge in [0.15, 0.2) is 6.10 Å². The second-order valence-corrected chi connectivity index (χ2v) is 26.9. The lowest BCUT2D eigenvalue weighted by Crippen LogP contribution is -2.30. The van der Waals surface area contributed by atoms with Crippen LogP contribution in [0.5, 0.6) is 0 Å². The second kappa shape index (κ2) is 68.2. The molecule has 0 saturated heterocycles. The Bertz CT molecular complexity index is 2130. The van der Waals surface area contributed by atoms with E-state index in [-0.39, 0.29) is 19.3 Å². The molecule has 0 aromatic carbocycles. The molecule has 0 aliphatic rings. The van der Waals surface area contributed by atoms with Gasteiger partial charge in [-0.1, -0.05) is 259 Å². The first-order chi connectivity index (χ1) is 45.2. The molecule has 0 aromatic heterocycles. The molecule has 0 aromatic rings. The van der Waals surface area contributed by atoms with Crippen LogP contribution in [-0.2, 0) is 55.8 Å². The zero-order valence-electron chi connectivity index (χ0n) is 58.1. The van der Waals surface area contributed by atoms with Crippen LogP contribution in [0.4, 0.5) is 0 Å². The van der Waals surface area contributed by atoms with Crippen molar-refractivity contribution in [3.8, 4) is 0 Å². The van der Waals surface area contributed by atoms with Gasteiger partial charge in [0.25, 0.3) is 0 Å². The fraction of sp³-hybridized carbons (Fsp3) is 0.720. The summed E-state index contributed by atoms with van der Waals surface area (Å²) in [4.78, 5) is 58.4. The highest BCUT2D eigenvalue weighted by atomic mass is 31.2. The highest BCUT2D eigenvalue weighted by molar-refractivity contribution is 7.47. The number of phosphoric acid groups is 2. The molecule has 0 saturated carbocycles. The van der Waals surface area contributed by atoms with Gasteiger partial charge in [-0.2, -0.15) is 0 Å². The highest BCUT2D eigenvalue weighted by Crippen LogP contribution is 2.45. The van der Waals surface area contributed by atoms with Crippen LogP contribution in [0.1, 0.15) is 290 Å². The van der Waals surface area contributed by atoms with Crippen LogP contribution in [0.25, 0.3) is 0 Å². The Labute approximate surface area is 564 Å². The van der Waals surface area contributed by atoms with E-state index in [0.29, 0.717) is 19.3 Å². The summed E-state index contributed by atoms with van der Waals surface area (Å²) >= 11 is 0. The summed E-state index contributed by atoms with van der Waals surface area (Å²) in [7, 11) is -9.78. The van der Waals surface area contributed by atoms with Crippen molar-refractivity contribution < 1.29 is 75.8 Å². The third-order valence-electron chi connectivity index (χ3n) is 14.9. The van der Waals surface area contributed by atoms with Crippen LogP contribution in [0, 0.1) is 0 Å². The van der Waals surface area contributed by atoms with Gasteiger partial charge < -0.3 is 34.2 Å². The Morgan fingerprint density at radius 3 is 0.946 bits per heavy atom. The van der Waals surface area contributed by atoms with Crippen LogP contribution in [0.2, 0.25) is 0 Å². The predicted molar refractivity (Wildman–Crippen MR) is 380 cm³/mol. The van der Waals surface area contributed by atoms with Gasteiger partial charge in [-0.25, -0.2) is 9.13 Å². The molecule has 4 N–H and O–H groups in total. The number of unbranched alkanes of at least 4 members (excludes halogenated alkanes) is 27. The lowest BCUT2D eigenvalue weighted by molar-refractivity contribution is -0.161. The van der Waals surface area contributed by atoms with E-state index < -0.39 is 91.5 Å². The third kappa shape index (κ3) is 69.4. The summed E-state index contributed by atoms with van der Waals surface area (Å²) in [5, 5.41) is 20.6. The average molecular weight is 1350 g/mol. The number of hydrogen-bond acceptors (Lipinski definition) is 14. The molecule has 18 heteroatoms. The molecule has 0 rings (SSSR count). The Balaban J connectivity index is 4.51. The van der Waals surface area contributed by atoms with Gasteiger partial charge in [0.1, 0.15) is 25.4 Å². The van der Waals surface area contributed by atoms with Crippen molar-refractivity contribution in [1.29, 1.82) is 0 Å². The molecule has 93 heavy (non-hydrogen) atoms. The fourth-order valence-electron chi connectivity index (χ4n) is 9.43. The van der Waals surface area contributed by atoms with Crippen molar-refractivity contribution in [3.05, 3.63) is 109 Å². The fourth-order valence-corrected chi connectivity index (χ4v) is 11.0. The largest absolute Gasteiger partial charge is 0.472 e. The average Bonchev–Trinajstić information content (AvgIpc) is 2.66. The SMILES string of the molecule is CC/C=C\C/C=C\C/C=C\CCCCCCCCCC(=O)OCC(COP(=O)(O)OCC(O)COP(=O)(O)OCC(O)COC(=O)CCCCCCCCCCCCC/C=C\C/C=C\C/C=C\C/C=C\CCCCC)OC(=O)CCCCCCC/C=C\C/C=C\CCC. The quantitative estimate of drug-likeness (QED) is 0.0146. The molecule has 5 atom stereocenters. The summed E-state index contributed by atoms with van der Waals surface area (Å²) < 4.78 is 60.9. The van der Waals surface area contributed by atoms with Gasteiger partial charge in [0, 0.05) is 19.3 Å². The maximum atomic E-state index is 12.9. The molecule has 536 valence electrons. The Kier molecular flexibility index (Phi) is 65.4. The number of carbonyl (C=O) groups excluding carboxylic acids is 3. The summed E-state index contributed by atoms with van der Waals surface area (Å²) in [5.41, 5.74) is 0. The smallest absolute Gasteiger partial charge is 0.463 e. The molecule has 0 aliphatic heterocycles. The molecular formula is C75H130O16P2. The molecule has 0 amide bonds. The Morgan fingerprint density at radius 2 is 0.591 bits per heavy atom. The number of carbonyl (C=O) groups is 3. The van der Waals surface area contributed by atoms with Crippen LogP contribution in [-0.4, -0.2) is 95.9 Å². The molecule has 0 bridgehead atoms. The topological polar surface area (TPSA) is 231 Å². The van der Waals surface area contributed by atoms with Crippen molar-refractivity contribution >= 4 is 33.6 Å². The van der Waals surface area contributed by atoms with E-state index >= 15 is 0 Å². The lowest BCUT2D eigenvalue weighted by Gasteiger charge is -2.21. The van der Waals surface area contributed by atoms with Crippen LogP contribution < -0.4 is 0 Å². The standard InChI is InChI=1S/C75H130O16P2/c1-4-7-10-13-16-19-22-25-27-29-30-31-32-33-34-35-36-37-38-40-42-44-46-49-52-55-58-61-73(78)85-64-70(76)65-87-92(81,82)88-66-71(77)67-89-93(83,84)90-69-72(91-75(80)63-60-57-54-51-48-43-24-21-18-15-12-9-6-3)68-86-74(79)62-59-56-53-50-47-45-41-39-28-26-23-20-17-14-11-8-5-2/h8,11-12,15-17,19-21,24-28,30-31,33-34,70-72,76-77H,4-7,9-10,13-14,18,22-23,29,32,35-69H2,1-3H3,(H,81,82)(H,83,84)/b11-8-,15-12-,19-16-,20-17-,24-21-,27-25-,28-26-,31-30-,34-33-. The predicted octanol–water partition coefficient (Wildman–Crippen LogP) is 20.4. The van der Waals surface area contributed by atoms with E-state index in [1.807, 2.05) is 0 Å². The Morgan fingerprint density at radius 1 is 0.312 bits per heavy atom. The van der Waals surface area contributed by atoms with Crippen LogP contribution in [0.15, 0.2) is 109 Å². The van der Waals surface area contributed by atoms with Gasteiger partial charge in [-0.3, -0.25) is 32.5 Å². The van der Waals surface area contributed by atoms with Crippen molar-refractivity contribution in [3.63, 3.8) is 0 Å². The molecule has 0 heterocycles. The highest BCUT2D eigenvalue weighted by Gasteiger charge is 2.29. The first-order valence-electron chi connectivity index (χ1n) is 36.2. The minimum atomic E-state index is -4.93. The summed E-state index contributed by atoms with van der Waals surface area (Å²) in [6.07, 6.45) is 77.2. The number of aliphatic hydroxyl groups is 2. The summed E-state index contributed by atoms with van der Waals surface area (Å²) in [5.74, 6) is -1.60.